The molecule has 5 heteroatoms. The van der Waals surface area contributed by atoms with Crippen LogP contribution in [0, 0.1) is 0 Å². The fourth-order valence-electron chi connectivity index (χ4n) is 3.87. The van der Waals surface area contributed by atoms with Crippen LogP contribution in [-0.4, -0.2) is 42.5 Å². The topological polar surface area (TPSA) is 54.5 Å². The molecule has 2 atom stereocenters. The van der Waals surface area contributed by atoms with Gasteiger partial charge in [0.25, 0.3) is 0 Å². The predicted octanol–water partition coefficient (Wildman–Crippen LogP) is 3.52. The van der Waals surface area contributed by atoms with Crippen molar-refractivity contribution in [2.45, 2.75) is 18.9 Å². The van der Waals surface area contributed by atoms with Gasteiger partial charge in [0.05, 0.1) is 19.1 Å². The van der Waals surface area contributed by atoms with E-state index in [4.69, 9.17) is 4.74 Å². The van der Waals surface area contributed by atoms with Crippen molar-refractivity contribution in [1.29, 1.82) is 0 Å². The molecule has 0 bridgehead atoms. The van der Waals surface area contributed by atoms with Crippen LogP contribution in [-0.2, 0) is 4.79 Å². The quantitative estimate of drug-likeness (QED) is 0.758. The molecule has 4 rings (SSSR count). The van der Waals surface area contributed by atoms with E-state index < -0.39 is 0 Å². The summed E-state index contributed by atoms with van der Waals surface area (Å²) in [4.78, 5) is 19.6. The summed E-state index contributed by atoms with van der Waals surface area (Å²) >= 11 is 0. The first-order valence-electron chi connectivity index (χ1n) is 9.66. The lowest BCUT2D eigenvalue weighted by Gasteiger charge is -2.38. The van der Waals surface area contributed by atoms with Gasteiger partial charge < -0.3 is 15.0 Å². The molecule has 28 heavy (non-hydrogen) atoms. The van der Waals surface area contributed by atoms with E-state index in [2.05, 4.69) is 22.4 Å². The lowest BCUT2D eigenvalue weighted by Crippen LogP contribution is -2.49. The van der Waals surface area contributed by atoms with E-state index in [9.17, 15) is 4.79 Å². The fourth-order valence-corrected chi connectivity index (χ4v) is 3.87. The Morgan fingerprint density at radius 3 is 2.82 bits per heavy atom. The van der Waals surface area contributed by atoms with E-state index in [1.807, 2.05) is 54.4 Å². The van der Waals surface area contributed by atoms with Gasteiger partial charge in [-0.05, 0) is 47.0 Å². The lowest BCUT2D eigenvalue weighted by atomic mass is 9.94. The van der Waals surface area contributed by atoms with Crippen LogP contribution in [0.1, 0.15) is 30.0 Å². The molecule has 1 N–H and O–H groups in total. The van der Waals surface area contributed by atoms with Gasteiger partial charge in [-0.3, -0.25) is 9.78 Å². The average molecular weight is 375 g/mol. The highest BCUT2D eigenvalue weighted by atomic mass is 16.5. The molecular formula is C23H25N3O2. The maximum absolute atomic E-state index is 13.4. The van der Waals surface area contributed by atoms with Crippen molar-refractivity contribution in [2.75, 3.05) is 26.7 Å². The van der Waals surface area contributed by atoms with Gasteiger partial charge in [0, 0.05) is 32.0 Å². The van der Waals surface area contributed by atoms with Crippen LogP contribution in [0.15, 0.2) is 60.9 Å². The van der Waals surface area contributed by atoms with Crippen molar-refractivity contribution < 1.29 is 9.53 Å². The minimum absolute atomic E-state index is 0.0158. The van der Waals surface area contributed by atoms with E-state index in [0.717, 1.165) is 40.7 Å². The van der Waals surface area contributed by atoms with Gasteiger partial charge >= 0.3 is 0 Å². The number of hydrogen-bond donors (Lipinski definition) is 1. The standard InChI is InChI=1S/C23H25N3O2/c1-16(17-5-6-19-13-21(28-2)8-7-18(19)12-17)23(27)26-11-10-25-15-22(26)20-4-3-9-24-14-20/h3-9,12-14,16,22,25H,10-11,15H2,1-2H3. The van der Waals surface area contributed by atoms with E-state index in [-0.39, 0.29) is 17.9 Å². The number of methoxy groups -OCH3 is 1. The largest absolute Gasteiger partial charge is 0.497 e. The second kappa shape index (κ2) is 7.98. The van der Waals surface area contributed by atoms with Crippen molar-refractivity contribution in [1.82, 2.24) is 15.2 Å². The Morgan fingerprint density at radius 1 is 1.21 bits per heavy atom. The molecule has 2 heterocycles. The molecule has 1 fully saturated rings. The Hall–Kier alpha value is -2.92. The summed E-state index contributed by atoms with van der Waals surface area (Å²) in [6.07, 6.45) is 3.62. The number of pyridine rings is 1. The number of aromatic nitrogens is 1. The molecule has 0 aliphatic carbocycles. The number of ether oxygens (including phenoxy) is 1. The van der Waals surface area contributed by atoms with Crippen LogP contribution in [0.4, 0.5) is 0 Å². The molecule has 0 spiro atoms. The Kier molecular flexibility index (Phi) is 5.26. The zero-order valence-corrected chi connectivity index (χ0v) is 16.3. The Labute approximate surface area is 165 Å². The highest BCUT2D eigenvalue weighted by Gasteiger charge is 2.31. The molecule has 144 valence electrons. The fraction of sp³-hybridized carbons (Fsp3) is 0.304. The molecule has 0 radical (unpaired) electrons. The maximum atomic E-state index is 13.4. The van der Waals surface area contributed by atoms with Crippen molar-refractivity contribution in [3.63, 3.8) is 0 Å². The molecule has 0 saturated carbocycles. The first-order chi connectivity index (χ1) is 13.7. The van der Waals surface area contributed by atoms with Gasteiger partial charge in [-0.25, -0.2) is 0 Å². The average Bonchev–Trinajstić information content (AvgIpc) is 2.78. The van der Waals surface area contributed by atoms with Crippen LogP contribution >= 0.6 is 0 Å². The Morgan fingerprint density at radius 2 is 2.04 bits per heavy atom. The molecule has 1 aromatic heterocycles. The second-order valence-electron chi connectivity index (χ2n) is 7.23. The number of nitrogens with zero attached hydrogens (tertiary/aromatic N) is 2. The Balaban J connectivity index is 1.60. The SMILES string of the molecule is COc1ccc2cc(C(C)C(=O)N3CCNCC3c3cccnc3)ccc2c1. The van der Waals surface area contributed by atoms with Crippen LogP contribution < -0.4 is 10.1 Å². The zero-order chi connectivity index (χ0) is 19.5. The van der Waals surface area contributed by atoms with Gasteiger partial charge in [-0.2, -0.15) is 0 Å². The molecule has 2 unspecified atom stereocenters. The molecule has 1 saturated heterocycles. The third-order valence-corrected chi connectivity index (χ3v) is 5.54. The number of carbonyl (C=O) groups is 1. The van der Waals surface area contributed by atoms with Crippen molar-refractivity contribution in [3.8, 4) is 5.75 Å². The summed E-state index contributed by atoms with van der Waals surface area (Å²) in [5.74, 6) is 0.788. The van der Waals surface area contributed by atoms with E-state index in [1.54, 1.807) is 13.3 Å². The summed E-state index contributed by atoms with van der Waals surface area (Å²) in [5, 5.41) is 5.62. The number of benzene rings is 2. The molecule has 2 aromatic carbocycles. The number of amides is 1. The summed E-state index contributed by atoms with van der Waals surface area (Å²) in [6, 6.07) is 16.2. The van der Waals surface area contributed by atoms with Gasteiger partial charge in [-0.15, -0.1) is 0 Å². The summed E-state index contributed by atoms with van der Waals surface area (Å²) in [6.45, 7) is 4.26. The van der Waals surface area contributed by atoms with Crippen LogP contribution in [0.2, 0.25) is 0 Å². The third-order valence-electron chi connectivity index (χ3n) is 5.54. The summed E-state index contributed by atoms with van der Waals surface area (Å²) < 4.78 is 5.30. The molecule has 5 nitrogen and oxygen atoms in total. The molecule has 1 amide bonds. The minimum Gasteiger partial charge on any atom is -0.497 e. The number of piperazine rings is 1. The van der Waals surface area contributed by atoms with Gasteiger partial charge in [-0.1, -0.05) is 30.3 Å². The second-order valence-corrected chi connectivity index (χ2v) is 7.23. The third kappa shape index (κ3) is 3.58. The smallest absolute Gasteiger partial charge is 0.230 e. The number of nitrogens with one attached hydrogen (secondary N) is 1. The molecule has 1 aliphatic heterocycles. The van der Waals surface area contributed by atoms with E-state index in [0.29, 0.717) is 6.54 Å². The van der Waals surface area contributed by atoms with Crippen LogP contribution in [0.3, 0.4) is 0 Å². The lowest BCUT2D eigenvalue weighted by molar-refractivity contribution is -0.135. The summed E-state index contributed by atoms with van der Waals surface area (Å²) in [5.41, 5.74) is 2.10. The molecule has 3 aromatic rings. The molecular weight excluding hydrogens is 350 g/mol. The van der Waals surface area contributed by atoms with Gasteiger partial charge in [0.1, 0.15) is 5.75 Å². The maximum Gasteiger partial charge on any atom is 0.230 e. The normalized spacial score (nSPS) is 18.1. The van der Waals surface area contributed by atoms with Crippen LogP contribution in [0.25, 0.3) is 10.8 Å². The molecule has 1 aliphatic rings. The van der Waals surface area contributed by atoms with E-state index >= 15 is 0 Å². The monoisotopic (exact) mass is 375 g/mol. The van der Waals surface area contributed by atoms with Crippen LogP contribution in [0.5, 0.6) is 5.75 Å². The number of hydrogen-bond acceptors (Lipinski definition) is 4. The van der Waals surface area contributed by atoms with Gasteiger partial charge in [0.15, 0.2) is 0 Å². The first kappa shape index (κ1) is 18.4. The zero-order valence-electron chi connectivity index (χ0n) is 16.3. The highest BCUT2D eigenvalue weighted by Crippen LogP contribution is 2.29. The minimum atomic E-state index is -0.205. The van der Waals surface area contributed by atoms with Crippen molar-refractivity contribution in [2.24, 2.45) is 0 Å². The van der Waals surface area contributed by atoms with Gasteiger partial charge in [0.2, 0.25) is 5.91 Å². The number of rotatable bonds is 4. The number of fused-ring (bicyclic) bond motifs is 1. The highest BCUT2D eigenvalue weighted by molar-refractivity contribution is 5.88. The van der Waals surface area contributed by atoms with Crippen molar-refractivity contribution >= 4 is 16.7 Å². The predicted molar refractivity (Wildman–Crippen MR) is 110 cm³/mol. The summed E-state index contributed by atoms with van der Waals surface area (Å²) in [7, 11) is 1.67. The Bertz CT molecular complexity index is 974. The van der Waals surface area contributed by atoms with E-state index in [1.165, 1.54) is 0 Å². The first-order valence-corrected chi connectivity index (χ1v) is 9.66. The number of carbonyl (C=O) groups excluding carboxylic acids is 1. The van der Waals surface area contributed by atoms with Crippen molar-refractivity contribution in [3.05, 3.63) is 72.1 Å².